The van der Waals surface area contributed by atoms with E-state index >= 15 is 0 Å². The minimum Gasteiger partial charge on any atom is -0.487 e. The van der Waals surface area contributed by atoms with Gasteiger partial charge in [0.25, 0.3) is 0 Å². The third-order valence-corrected chi connectivity index (χ3v) is 5.55. The molecule has 3 atom stereocenters. The van der Waals surface area contributed by atoms with Gasteiger partial charge in [0.15, 0.2) is 6.10 Å². The van der Waals surface area contributed by atoms with Crippen LogP contribution in [0.5, 0.6) is 0 Å². The van der Waals surface area contributed by atoms with E-state index in [1.807, 2.05) is 91.0 Å². The van der Waals surface area contributed by atoms with Crippen LogP contribution < -0.4 is 0 Å². The third kappa shape index (κ3) is 6.99. The summed E-state index contributed by atoms with van der Waals surface area (Å²) >= 11 is 0. The molecule has 33 heavy (non-hydrogen) atoms. The fourth-order valence-electron chi connectivity index (χ4n) is 3.84. The summed E-state index contributed by atoms with van der Waals surface area (Å²) in [6.45, 7) is 1.52. The van der Waals surface area contributed by atoms with Gasteiger partial charge >= 0.3 is 0 Å². The highest BCUT2D eigenvalue weighted by molar-refractivity contribution is 5.15. The van der Waals surface area contributed by atoms with Gasteiger partial charge < -0.3 is 18.9 Å². The standard InChI is InChI=1S/C28H29FO4/c29-17-25-16-26(31-19-23-12-6-2-7-13-23)28(32-20-24-14-8-3-9-15-24)27(33-25)21-30-18-22-10-4-1-5-11-22/h1-15,17,26-28H,16,18-21H2/b25-17-/t26-,27-,28+/m1/s1. The molecule has 1 heterocycles. The normalized spacial score (nSPS) is 21.6. The van der Waals surface area contributed by atoms with Crippen molar-refractivity contribution >= 4 is 0 Å². The highest BCUT2D eigenvalue weighted by Gasteiger charge is 2.39. The van der Waals surface area contributed by atoms with Crippen molar-refractivity contribution in [3.05, 3.63) is 120 Å². The van der Waals surface area contributed by atoms with E-state index in [4.69, 9.17) is 18.9 Å². The van der Waals surface area contributed by atoms with Crippen LogP contribution in [0.2, 0.25) is 0 Å². The van der Waals surface area contributed by atoms with Crippen LogP contribution in [0.25, 0.3) is 0 Å². The van der Waals surface area contributed by atoms with Gasteiger partial charge in [0, 0.05) is 6.42 Å². The van der Waals surface area contributed by atoms with Gasteiger partial charge in [-0.25, -0.2) is 4.39 Å². The van der Waals surface area contributed by atoms with Gasteiger partial charge in [0.05, 0.1) is 32.5 Å². The zero-order valence-electron chi connectivity index (χ0n) is 18.5. The Kier molecular flexibility index (Phi) is 8.64. The maximum Gasteiger partial charge on any atom is 0.150 e. The fourth-order valence-corrected chi connectivity index (χ4v) is 3.84. The van der Waals surface area contributed by atoms with Gasteiger partial charge in [-0.15, -0.1) is 0 Å². The van der Waals surface area contributed by atoms with E-state index in [0.29, 0.717) is 32.6 Å². The van der Waals surface area contributed by atoms with E-state index < -0.39 is 12.2 Å². The van der Waals surface area contributed by atoms with Crippen molar-refractivity contribution in [1.29, 1.82) is 0 Å². The molecule has 4 rings (SSSR count). The number of hydrogen-bond acceptors (Lipinski definition) is 4. The lowest BCUT2D eigenvalue weighted by Crippen LogP contribution is -2.48. The van der Waals surface area contributed by atoms with Gasteiger partial charge in [0.2, 0.25) is 0 Å². The third-order valence-electron chi connectivity index (χ3n) is 5.55. The summed E-state index contributed by atoms with van der Waals surface area (Å²) in [5.41, 5.74) is 3.16. The minimum atomic E-state index is -0.492. The van der Waals surface area contributed by atoms with Crippen molar-refractivity contribution < 1.29 is 23.3 Å². The maximum atomic E-state index is 13.5. The van der Waals surface area contributed by atoms with E-state index in [2.05, 4.69) is 0 Å². The summed E-state index contributed by atoms with van der Waals surface area (Å²) in [5, 5.41) is 0. The second-order valence-electron chi connectivity index (χ2n) is 8.03. The molecule has 0 aromatic heterocycles. The van der Waals surface area contributed by atoms with Crippen LogP contribution in [0.3, 0.4) is 0 Å². The van der Waals surface area contributed by atoms with Crippen molar-refractivity contribution in [1.82, 2.24) is 0 Å². The first-order valence-corrected chi connectivity index (χ1v) is 11.2. The first-order valence-electron chi connectivity index (χ1n) is 11.2. The molecule has 1 aliphatic rings. The summed E-state index contributed by atoms with van der Waals surface area (Å²) in [6.07, 6.45) is -0.452. The van der Waals surface area contributed by atoms with Crippen molar-refractivity contribution in [2.24, 2.45) is 0 Å². The summed E-state index contributed by atoms with van der Waals surface area (Å²) in [7, 11) is 0. The number of rotatable bonds is 10. The molecule has 3 aromatic carbocycles. The minimum absolute atomic E-state index is 0.251. The van der Waals surface area contributed by atoms with Gasteiger partial charge in [-0.1, -0.05) is 91.0 Å². The van der Waals surface area contributed by atoms with Crippen LogP contribution in [-0.4, -0.2) is 24.9 Å². The molecule has 0 radical (unpaired) electrons. The molecule has 172 valence electrons. The quantitative estimate of drug-likeness (QED) is 0.383. The predicted molar refractivity (Wildman–Crippen MR) is 125 cm³/mol. The highest BCUT2D eigenvalue weighted by atomic mass is 19.1. The Hall–Kier alpha value is -2.99. The summed E-state index contributed by atoms with van der Waals surface area (Å²) in [5.74, 6) is 0.251. The average Bonchev–Trinajstić information content (AvgIpc) is 2.88. The maximum absolute atomic E-state index is 13.5. The lowest BCUT2D eigenvalue weighted by atomic mass is 10.00. The molecule has 0 spiro atoms. The first kappa shape index (κ1) is 23.2. The first-order chi connectivity index (χ1) is 16.3. The lowest BCUT2D eigenvalue weighted by molar-refractivity contribution is -0.179. The average molecular weight is 449 g/mol. The molecule has 0 amide bonds. The largest absolute Gasteiger partial charge is 0.487 e. The van der Waals surface area contributed by atoms with E-state index in [-0.39, 0.29) is 18.5 Å². The van der Waals surface area contributed by atoms with Crippen LogP contribution in [0.1, 0.15) is 23.1 Å². The molecule has 1 saturated heterocycles. The van der Waals surface area contributed by atoms with Crippen LogP contribution >= 0.6 is 0 Å². The van der Waals surface area contributed by atoms with E-state index in [9.17, 15) is 4.39 Å². The van der Waals surface area contributed by atoms with Crippen molar-refractivity contribution in [2.75, 3.05) is 6.61 Å². The summed E-state index contributed by atoms with van der Waals surface area (Å²) in [6, 6.07) is 29.8. The fraction of sp³-hybridized carbons (Fsp3) is 0.286. The molecule has 4 nitrogen and oxygen atoms in total. The Morgan fingerprint density at radius 1 is 0.727 bits per heavy atom. The van der Waals surface area contributed by atoms with Crippen molar-refractivity contribution in [3.8, 4) is 0 Å². The van der Waals surface area contributed by atoms with Crippen molar-refractivity contribution in [2.45, 2.75) is 44.6 Å². The number of hydrogen-bond donors (Lipinski definition) is 0. The Balaban J connectivity index is 1.45. The number of ether oxygens (including phenoxy) is 4. The summed E-state index contributed by atoms with van der Waals surface area (Å²) in [4.78, 5) is 0. The highest BCUT2D eigenvalue weighted by Crippen LogP contribution is 2.30. The molecule has 3 aromatic rings. The Morgan fingerprint density at radius 3 is 1.79 bits per heavy atom. The van der Waals surface area contributed by atoms with Gasteiger partial charge in [-0.05, 0) is 16.7 Å². The van der Waals surface area contributed by atoms with Gasteiger partial charge in [-0.2, -0.15) is 0 Å². The zero-order chi connectivity index (χ0) is 22.7. The Morgan fingerprint density at radius 2 is 1.24 bits per heavy atom. The molecule has 1 fully saturated rings. The molecule has 0 unspecified atom stereocenters. The van der Waals surface area contributed by atoms with E-state index in [1.54, 1.807) is 0 Å². The van der Waals surface area contributed by atoms with Crippen LogP contribution in [-0.2, 0) is 38.8 Å². The Labute approximate surface area is 194 Å². The van der Waals surface area contributed by atoms with Crippen LogP contribution in [0.4, 0.5) is 4.39 Å². The SMILES string of the molecule is F/C=C1/C[C@@H](OCc2ccccc2)[C@H](OCc2ccccc2)[C@@H](COCc2ccccc2)O1. The summed E-state index contributed by atoms with van der Waals surface area (Å²) < 4.78 is 37.9. The Bertz CT molecular complexity index is 979. The smallest absolute Gasteiger partial charge is 0.150 e. The van der Waals surface area contributed by atoms with Gasteiger partial charge in [0.1, 0.15) is 18.2 Å². The topological polar surface area (TPSA) is 36.9 Å². The zero-order valence-corrected chi connectivity index (χ0v) is 18.5. The predicted octanol–water partition coefficient (Wildman–Crippen LogP) is 5.97. The van der Waals surface area contributed by atoms with E-state index in [1.165, 1.54) is 0 Å². The second-order valence-corrected chi connectivity index (χ2v) is 8.03. The number of halogens is 1. The molecule has 1 aliphatic heterocycles. The monoisotopic (exact) mass is 448 g/mol. The van der Waals surface area contributed by atoms with Crippen molar-refractivity contribution in [3.63, 3.8) is 0 Å². The second kappa shape index (κ2) is 12.3. The molecule has 0 N–H and O–H groups in total. The van der Waals surface area contributed by atoms with Gasteiger partial charge in [-0.3, -0.25) is 0 Å². The molecule has 5 heteroatoms. The number of benzene rings is 3. The molecule has 0 aliphatic carbocycles. The molecule has 0 saturated carbocycles. The van der Waals surface area contributed by atoms with Crippen LogP contribution in [0, 0.1) is 0 Å². The molecular weight excluding hydrogens is 419 g/mol. The molecule has 0 bridgehead atoms. The van der Waals surface area contributed by atoms with E-state index in [0.717, 1.165) is 16.7 Å². The lowest BCUT2D eigenvalue weighted by Gasteiger charge is -2.38. The molecular formula is C28H29FO4. The van der Waals surface area contributed by atoms with Crippen LogP contribution in [0.15, 0.2) is 103 Å².